The molecule has 0 atom stereocenters. The zero-order valence-electron chi connectivity index (χ0n) is 27.5. The number of aryl methyl sites for hydroxylation is 1. The fourth-order valence-electron chi connectivity index (χ4n) is 4.25. The van der Waals surface area contributed by atoms with E-state index >= 15 is 0 Å². The van der Waals surface area contributed by atoms with Gasteiger partial charge in [-0.05, 0) is 29.8 Å². The maximum absolute atomic E-state index is 13.4. The van der Waals surface area contributed by atoms with E-state index in [4.69, 9.17) is 9.90 Å². The minimum Gasteiger partial charge on any atom is 0 e. The zero-order valence-corrected chi connectivity index (χ0v) is 28.0. The second kappa shape index (κ2) is 12.8. The van der Waals surface area contributed by atoms with E-state index < -0.39 is 32.0 Å². The molecule has 0 aliphatic heterocycles. The number of benzene rings is 2. The molecule has 1 radical (unpaired) electrons. The van der Waals surface area contributed by atoms with E-state index in [1.807, 2.05) is 44.3 Å². The molecule has 4 nitrogen and oxygen atoms in total. The van der Waals surface area contributed by atoms with Crippen LogP contribution in [0.1, 0.15) is 36.4 Å². The Balaban J connectivity index is 0.000000204. The van der Waals surface area contributed by atoms with Crippen molar-refractivity contribution < 1.29 is 34.4 Å². The SMILES string of the molecule is [2H]C(C)(C)c1ccnc(-c2[c-]ccc3c2oc2nc(F)ccc23)c1.[2H]C([2H])([2H])c1c[c-]c(-c2cc[c]([Ge]([CH3])([CH3])[CH3])cn2)cc1.[Ir]. The van der Waals surface area contributed by atoms with Crippen LogP contribution in [-0.4, -0.2) is 28.2 Å². The van der Waals surface area contributed by atoms with Crippen molar-refractivity contribution >= 4 is 39.7 Å². The summed E-state index contributed by atoms with van der Waals surface area (Å²) in [5.41, 5.74) is 4.97. The Hall–Kier alpha value is -3.19. The fraction of sp³-hybridized carbons (Fsp3) is 0.206. The molecule has 0 amide bonds. The number of rotatable bonds is 4. The Labute approximate surface area is 262 Å². The Morgan fingerprint density at radius 1 is 0.951 bits per heavy atom. The first-order valence-corrected chi connectivity index (χ1v) is 20.3. The monoisotopic (exact) mass is 788 g/mol. The summed E-state index contributed by atoms with van der Waals surface area (Å²) in [7, 11) is 0. The van der Waals surface area contributed by atoms with Gasteiger partial charge in [-0.15, -0.1) is 18.2 Å². The average Bonchev–Trinajstić information content (AvgIpc) is 3.34. The van der Waals surface area contributed by atoms with Crippen molar-refractivity contribution in [3.05, 3.63) is 108 Å². The minimum absolute atomic E-state index is 0. The van der Waals surface area contributed by atoms with Gasteiger partial charge in [-0.25, -0.2) is 0 Å². The van der Waals surface area contributed by atoms with E-state index in [0.717, 1.165) is 27.6 Å². The summed E-state index contributed by atoms with van der Waals surface area (Å²) < 4.78 is 50.7. The number of hydrogen-bond acceptors (Lipinski definition) is 4. The Morgan fingerprint density at radius 3 is 2.44 bits per heavy atom. The molecule has 0 aliphatic carbocycles. The van der Waals surface area contributed by atoms with Gasteiger partial charge in [-0.2, -0.15) is 9.37 Å². The van der Waals surface area contributed by atoms with E-state index in [-0.39, 0.29) is 25.8 Å². The molecular weight excluding hydrogens is 750 g/mol. The predicted octanol–water partition coefficient (Wildman–Crippen LogP) is 8.51. The van der Waals surface area contributed by atoms with E-state index in [2.05, 4.69) is 50.4 Å². The van der Waals surface area contributed by atoms with Crippen molar-refractivity contribution in [3.8, 4) is 22.5 Å². The second-order valence-electron chi connectivity index (χ2n) is 10.8. The van der Waals surface area contributed by atoms with Crippen molar-refractivity contribution in [2.24, 2.45) is 0 Å². The third-order valence-corrected chi connectivity index (χ3v) is 10.8. The predicted molar refractivity (Wildman–Crippen MR) is 164 cm³/mol. The summed E-state index contributed by atoms with van der Waals surface area (Å²) in [6, 6.07) is 25.5. The number of nitrogens with zero attached hydrogens (tertiary/aromatic N) is 3. The van der Waals surface area contributed by atoms with Gasteiger partial charge in [0.1, 0.15) is 0 Å². The van der Waals surface area contributed by atoms with Crippen LogP contribution in [-0.2, 0) is 20.1 Å². The summed E-state index contributed by atoms with van der Waals surface area (Å²) in [5, 5.41) is 1.59. The van der Waals surface area contributed by atoms with Gasteiger partial charge in [-0.3, -0.25) is 0 Å². The number of aromatic nitrogens is 3. The molecule has 2 aromatic carbocycles. The van der Waals surface area contributed by atoms with Gasteiger partial charge in [-0.1, -0.05) is 36.4 Å². The van der Waals surface area contributed by atoms with Crippen LogP contribution in [0.4, 0.5) is 4.39 Å². The number of hydrogen-bond donors (Lipinski definition) is 0. The molecule has 7 heteroatoms. The molecule has 211 valence electrons. The maximum atomic E-state index is 13.4. The van der Waals surface area contributed by atoms with Gasteiger partial charge in [0.05, 0.1) is 5.58 Å². The number of furan rings is 1. The summed E-state index contributed by atoms with van der Waals surface area (Å²) in [6.07, 6.45) is 3.62. The maximum Gasteiger partial charge on any atom is 0 e. The molecule has 0 fully saturated rings. The van der Waals surface area contributed by atoms with E-state index in [1.165, 1.54) is 16.5 Å². The Bertz CT molecular complexity index is 1880. The van der Waals surface area contributed by atoms with Crippen molar-refractivity contribution in [1.82, 2.24) is 15.0 Å². The molecule has 4 heterocycles. The smallest absolute Gasteiger partial charge is 0 e. The van der Waals surface area contributed by atoms with Gasteiger partial charge < -0.3 is 9.40 Å². The molecule has 0 aliphatic rings. The molecule has 41 heavy (non-hydrogen) atoms. The average molecular weight is 786 g/mol. The summed E-state index contributed by atoms with van der Waals surface area (Å²) in [5.74, 6) is 5.67. The number of halogens is 1. The van der Waals surface area contributed by atoms with Crippen molar-refractivity contribution in [1.29, 1.82) is 0 Å². The van der Waals surface area contributed by atoms with Gasteiger partial charge in [0.2, 0.25) is 11.7 Å². The van der Waals surface area contributed by atoms with Crippen LogP contribution in [0.3, 0.4) is 0 Å². The van der Waals surface area contributed by atoms with Crippen LogP contribution in [0.15, 0.2) is 83.5 Å². The van der Waals surface area contributed by atoms with Crippen LogP contribution in [0, 0.1) is 24.9 Å². The number of pyridine rings is 3. The first-order valence-electron chi connectivity index (χ1n) is 15.0. The molecule has 0 unspecified atom stereocenters. The summed E-state index contributed by atoms with van der Waals surface area (Å²) >= 11 is -1.83. The van der Waals surface area contributed by atoms with Gasteiger partial charge in [0.15, 0.2) is 0 Å². The normalized spacial score (nSPS) is 13.3. The summed E-state index contributed by atoms with van der Waals surface area (Å²) in [6.45, 7) is 1.57. The van der Waals surface area contributed by atoms with Crippen LogP contribution in [0.25, 0.3) is 44.6 Å². The molecule has 6 rings (SSSR count). The first kappa shape index (κ1) is 25.5. The van der Waals surface area contributed by atoms with E-state index in [1.54, 1.807) is 30.5 Å². The Morgan fingerprint density at radius 2 is 1.78 bits per heavy atom. The van der Waals surface area contributed by atoms with Crippen LogP contribution in [0.2, 0.25) is 17.3 Å². The van der Waals surface area contributed by atoms with Gasteiger partial charge >= 0.3 is 110 Å². The third-order valence-electron chi connectivity index (χ3n) is 6.58. The molecule has 0 spiro atoms. The van der Waals surface area contributed by atoms with E-state index in [0.29, 0.717) is 22.4 Å². The molecule has 4 aromatic heterocycles. The molecule has 0 N–H and O–H groups in total. The van der Waals surface area contributed by atoms with Gasteiger partial charge in [0, 0.05) is 33.1 Å². The molecular formula is C34H32FGeIrN3O-2. The standard InChI is InChI=1S/C19H14FN2O.C15H18GeN.Ir/c1-11(2)12-8-9-21-16(10-12)15-5-3-4-13-14-6-7-17(20)22-19(14)23-18(13)15;1-12-5-7-13(8-6-12)15-10-9-14(11-17-15)16(2,3)4;/h3-4,6-11H,1-2H3;5-7,9-11H,1-4H3;/q2*-1;/i11D;1D3;. The molecule has 6 aromatic rings. The van der Waals surface area contributed by atoms with Crippen LogP contribution in [0.5, 0.6) is 0 Å². The van der Waals surface area contributed by atoms with Crippen molar-refractivity contribution in [2.45, 2.75) is 43.9 Å². The van der Waals surface area contributed by atoms with Crippen molar-refractivity contribution in [2.75, 3.05) is 0 Å². The minimum atomic E-state index is -2.08. The topological polar surface area (TPSA) is 51.8 Å². The summed E-state index contributed by atoms with van der Waals surface area (Å²) in [4.78, 5) is 12.7. The third kappa shape index (κ3) is 7.00. The number of fused-ring (bicyclic) bond motifs is 3. The van der Waals surface area contributed by atoms with Gasteiger partial charge in [0.25, 0.3) is 0 Å². The molecule has 0 bridgehead atoms. The van der Waals surface area contributed by atoms with Crippen LogP contribution < -0.4 is 4.40 Å². The van der Waals surface area contributed by atoms with Crippen molar-refractivity contribution in [3.63, 3.8) is 0 Å². The molecule has 0 saturated carbocycles. The second-order valence-corrected chi connectivity index (χ2v) is 21.4. The molecule has 0 saturated heterocycles. The first-order chi connectivity index (χ1) is 20.6. The Kier molecular flexibility index (Phi) is 7.95. The van der Waals surface area contributed by atoms with Crippen LogP contribution >= 0.6 is 0 Å². The zero-order chi connectivity index (χ0) is 31.9. The fourth-order valence-corrected chi connectivity index (χ4v) is 6.42. The van der Waals surface area contributed by atoms with E-state index in [9.17, 15) is 4.39 Å². The largest absolute Gasteiger partial charge is 0 e. The quantitative estimate of drug-likeness (QED) is 0.102.